The summed E-state index contributed by atoms with van der Waals surface area (Å²) in [6, 6.07) is 5.99. The molecule has 0 amide bonds. The number of halogens is 2. The third kappa shape index (κ3) is 6.55. The molecule has 1 aromatic carbocycles. The van der Waals surface area contributed by atoms with Crippen LogP contribution in [0.2, 0.25) is 5.02 Å². The van der Waals surface area contributed by atoms with Gasteiger partial charge in [-0.2, -0.15) is 0 Å². The van der Waals surface area contributed by atoms with Gasteiger partial charge in [0.2, 0.25) is 0 Å². The van der Waals surface area contributed by atoms with Crippen LogP contribution in [0.25, 0.3) is 0 Å². The van der Waals surface area contributed by atoms with Gasteiger partial charge in [0.15, 0.2) is 0 Å². The van der Waals surface area contributed by atoms with Crippen LogP contribution in [0.1, 0.15) is 12.0 Å². The molecule has 0 aliphatic heterocycles. The predicted octanol–water partition coefficient (Wildman–Crippen LogP) is 3.83. The number of ether oxygens (including phenoxy) is 1. The van der Waals surface area contributed by atoms with Gasteiger partial charge in [0.25, 0.3) is 0 Å². The lowest BCUT2D eigenvalue weighted by molar-refractivity contribution is 0.199. The van der Waals surface area contributed by atoms with Crippen LogP contribution in [-0.4, -0.2) is 26.8 Å². The lowest BCUT2D eigenvalue weighted by atomic mass is 10.1. The molecule has 0 atom stereocenters. The van der Waals surface area contributed by atoms with E-state index in [-0.39, 0.29) is 0 Å². The minimum absolute atomic E-state index is 0.762. The first kappa shape index (κ1) is 15.7. The van der Waals surface area contributed by atoms with Gasteiger partial charge in [-0.1, -0.05) is 45.7 Å². The Labute approximate surface area is 122 Å². The first-order valence-corrected chi connectivity index (χ1v) is 7.19. The fourth-order valence-electron chi connectivity index (χ4n) is 1.50. The van der Waals surface area contributed by atoms with E-state index in [1.807, 2.05) is 18.2 Å². The normalized spacial score (nSPS) is 11.3. The number of hydrogen-bond donors (Lipinski definition) is 1. The smallest absolute Gasteiger partial charge is 0.0587 e. The monoisotopic (exact) mass is 331 g/mol. The Morgan fingerprint density at radius 3 is 2.89 bits per heavy atom. The molecule has 0 saturated heterocycles. The fraction of sp³-hybridized carbons (Fsp3) is 0.429. The van der Waals surface area contributed by atoms with E-state index in [9.17, 15) is 0 Å². The van der Waals surface area contributed by atoms with E-state index < -0.39 is 0 Å². The van der Waals surface area contributed by atoms with Crippen molar-refractivity contribution in [3.8, 4) is 0 Å². The van der Waals surface area contributed by atoms with Crippen molar-refractivity contribution < 1.29 is 4.74 Å². The first-order chi connectivity index (χ1) is 8.74. The topological polar surface area (TPSA) is 21.3 Å². The lowest BCUT2D eigenvalue weighted by Crippen LogP contribution is -2.19. The van der Waals surface area contributed by atoms with Crippen LogP contribution < -0.4 is 5.32 Å². The zero-order valence-corrected chi connectivity index (χ0v) is 12.9. The maximum atomic E-state index is 6.14. The average molecular weight is 333 g/mol. The van der Waals surface area contributed by atoms with Gasteiger partial charge < -0.3 is 10.1 Å². The summed E-state index contributed by atoms with van der Waals surface area (Å²) in [5, 5.41) is 4.11. The van der Waals surface area contributed by atoms with Crippen molar-refractivity contribution in [3.63, 3.8) is 0 Å². The summed E-state index contributed by atoms with van der Waals surface area (Å²) >= 11 is 9.53. The molecule has 0 saturated carbocycles. The summed E-state index contributed by atoms with van der Waals surface area (Å²) in [6.45, 7) is 2.65. The largest absolute Gasteiger partial charge is 0.383 e. The zero-order chi connectivity index (χ0) is 13.2. The summed E-state index contributed by atoms with van der Waals surface area (Å²) in [7, 11) is 1.71. The van der Waals surface area contributed by atoms with Crippen molar-refractivity contribution in [2.75, 3.05) is 26.8 Å². The summed E-state index contributed by atoms with van der Waals surface area (Å²) < 4.78 is 5.97. The summed E-state index contributed by atoms with van der Waals surface area (Å²) in [5.41, 5.74) is 1.16. The Hall–Kier alpha value is -0.350. The van der Waals surface area contributed by atoms with E-state index >= 15 is 0 Å². The average Bonchev–Trinajstić information content (AvgIpc) is 2.35. The minimum atomic E-state index is 0.762. The number of methoxy groups -OCH3 is 1. The van der Waals surface area contributed by atoms with Gasteiger partial charge in [-0.05, 0) is 37.1 Å². The number of rotatable bonds is 8. The maximum absolute atomic E-state index is 6.14. The van der Waals surface area contributed by atoms with Crippen molar-refractivity contribution in [1.82, 2.24) is 5.32 Å². The van der Waals surface area contributed by atoms with Crippen LogP contribution in [0.4, 0.5) is 0 Å². The van der Waals surface area contributed by atoms with Crippen LogP contribution >= 0.6 is 27.5 Å². The first-order valence-electron chi connectivity index (χ1n) is 6.02. The molecule has 0 spiro atoms. The van der Waals surface area contributed by atoms with Crippen molar-refractivity contribution >= 4 is 27.5 Å². The molecular formula is C14H19BrClNO. The fourth-order valence-corrected chi connectivity index (χ4v) is 2.25. The Bertz CT molecular complexity index is 382. The molecule has 18 heavy (non-hydrogen) atoms. The second-order valence-electron chi connectivity index (χ2n) is 3.94. The van der Waals surface area contributed by atoms with Crippen LogP contribution in [0.3, 0.4) is 0 Å². The molecule has 2 nitrogen and oxygen atoms in total. The number of nitrogens with one attached hydrogen (secondary N) is 1. The number of hydrogen-bond acceptors (Lipinski definition) is 2. The molecule has 0 aliphatic carbocycles. The van der Waals surface area contributed by atoms with Gasteiger partial charge in [-0.15, -0.1) is 0 Å². The maximum Gasteiger partial charge on any atom is 0.0587 e. The summed E-state index contributed by atoms with van der Waals surface area (Å²) in [5.74, 6) is 0. The standard InChI is InChI=1S/C14H19BrClNO/c1-18-10-9-17-8-4-2-3-5-12-6-7-13(15)11-14(12)16/h2-3,6-7,11,17H,4-5,8-10H2,1H3/b3-2+. The molecule has 0 fully saturated rings. The molecule has 1 N–H and O–H groups in total. The van der Waals surface area contributed by atoms with E-state index in [0.29, 0.717) is 0 Å². The molecule has 0 radical (unpaired) electrons. The molecule has 0 aromatic heterocycles. The predicted molar refractivity (Wildman–Crippen MR) is 81.4 cm³/mol. The molecule has 1 rings (SSSR count). The Morgan fingerprint density at radius 2 is 2.17 bits per heavy atom. The molecule has 4 heteroatoms. The second-order valence-corrected chi connectivity index (χ2v) is 5.27. The SMILES string of the molecule is COCCNCC/C=C/Cc1ccc(Br)cc1Cl. The third-order valence-corrected chi connectivity index (χ3v) is 3.34. The van der Waals surface area contributed by atoms with Crippen molar-refractivity contribution in [2.45, 2.75) is 12.8 Å². The van der Waals surface area contributed by atoms with Crippen LogP contribution in [0.5, 0.6) is 0 Å². The Kier molecular flexibility index (Phi) is 8.34. The summed E-state index contributed by atoms with van der Waals surface area (Å²) in [6.07, 6.45) is 6.24. The van der Waals surface area contributed by atoms with E-state index in [1.165, 1.54) is 0 Å². The van der Waals surface area contributed by atoms with Crippen LogP contribution in [-0.2, 0) is 11.2 Å². The highest BCUT2D eigenvalue weighted by molar-refractivity contribution is 9.10. The Morgan fingerprint density at radius 1 is 1.33 bits per heavy atom. The number of benzene rings is 1. The van der Waals surface area contributed by atoms with E-state index in [4.69, 9.17) is 16.3 Å². The van der Waals surface area contributed by atoms with Gasteiger partial charge in [-0.25, -0.2) is 0 Å². The molecule has 100 valence electrons. The molecule has 0 aliphatic rings. The van der Waals surface area contributed by atoms with Gasteiger partial charge in [0.05, 0.1) is 6.61 Å². The van der Waals surface area contributed by atoms with E-state index in [2.05, 4.69) is 33.4 Å². The zero-order valence-electron chi connectivity index (χ0n) is 10.6. The second kappa shape index (κ2) is 9.56. The number of allylic oxidation sites excluding steroid dienone is 1. The van der Waals surface area contributed by atoms with Crippen molar-refractivity contribution in [2.24, 2.45) is 0 Å². The highest BCUT2D eigenvalue weighted by Crippen LogP contribution is 2.21. The van der Waals surface area contributed by atoms with E-state index in [1.54, 1.807) is 7.11 Å². The van der Waals surface area contributed by atoms with Gasteiger partial charge in [0, 0.05) is 23.1 Å². The van der Waals surface area contributed by atoms with Crippen LogP contribution in [0, 0.1) is 0 Å². The molecule has 0 bridgehead atoms. The van der Waals surface area contributed by atoms with Crippen LogP contribution in [0.15, 0.2) is 34.8 Å². The van der Waals surface area contributed by atoms with Gasteiger partial charge in [-0.3, -0.25) is 0 Å². The van der Waals surface area contributed by atoms with Gasteiger partial charge in [0.1, 0.15) is 0 Å². The molecule has 1 aromatic rings. The highest BCUT2D eigenvalue weighted by atomic mass is 79.9. The Balaban J connectivity index is 2.20. The molecule has 0 heterocycles. The van der Waals surface area contributed by atoms with Gasteiger partial charge >= 0.3 is 0 Å². The van der Waals surface area contributed by atoms with E-state index in [0.717, 1.165) is 47.6 Å². The lowest BCUT2D eigenvalue weighted by Gasteiger charge is -2.02. The molecular weight excluding hydrogens is 314 g/mol. The van der Waals surface area contributed by atoms with Crippen molar-refractivity contribution in [3.05, 3.63) is 45.4 Å². The quantitative estimate of drug-likeness (QED) is 0.577. The highest BCUT2D eigenvalue weighted by Gasteiger charge is 1.98. The minimum Gasteiger partial charge on any atom is -0.383 e. The third-order valence-electron chi connectivity index (χ3n) is 2.49. The molecule has 0 unspecified atom stereocenters. The van der Waals surface area contributed by atoms with Crippen molar-refractivity contribution in [1.29, 1.82) is 0 Å². The summed E-state index contributed by atoms with van der Waals surface area (Å²) in [4.78, 5) is 0.